The molecular weight excluding hydrogens is 272 g/mol. The normalized spacial score (nSPS) is 11.8. The molecule has 0 fully saturated rings. The highest BCUT2D eigenvalue weighted by Gasteiger charge is 2.10. The van der Waals surface area contributed by atoms with Gasteiger partial charge in [0.2, 0.25) is 0 Å². The first-order chi connectivity index (χ1) is 9.56. The first-order valence-corrected chi connectivity index (χ1v) is 6.82. The molecule has 0 saturated heterocycles. The largest absolute Gasteiger partial charge is 0.331 e. The lowest BCUT2D eigenvalue weighted by atomic mass is 10.1. The molecule has 0 aliphatic carbocycles. The van der Waals surface area contributed by atoms with Gasteiger partial charge in [-0.2, -0.15) is 0 Å². The van der Waals surface area contributed by atoms with Gasteiger partial charge in [-0.05, 0) is 37.1 Å². The fraction of sp³-hybridized carbons (Fsp3) is 0.188. The van der Waals surface area contributed by atoms with Crippen LogP contribution in [0.15, 0.2) is 48.5 Å². The van der Waals surface area contributed by atoms with Gasteiger partial charge < -0.3 is 10.6 Å². The summed E-state index contributed by atoms with van der Waals surface area (Å²) in [5.41, 5.74) is 2.71. The van der Waals surface area contributed by atoms with Crippen LogP contribution in [-0.4, -0.2) is 6.03 Å². The molecule has 2 aromatic rings. The molecule has 3 nitrogen and oxygen atoms in total. The molecule has 20 heavy (non-hydrogen) atoms. The number of carbonyl (C=O) groups excluding carboxylic acids is 1. The van der Waals surface area contributed by atoms with E-state index in [1.165, 1.54) is 0 Å². The number of halogens is 1. The van der Waals surface area contributed by atoms with Crippen molar-refractivity contribution in [3.63, 3.8) is 0 Å². The average molecular weight is 289 g/mol. The zero-order valence-corrected chi connectivity index (χ0v) is 12.2. The van der Waals surface area contributed by atoms with Crippen molar-refractivity contribution in [2.24, 2.45) is 0 Å². The van der Waals surface area contributed by atoms with Crippen LogP contribution in [0.4, 0.5) is 10.5 Å². The van der Waals surface area contributed by atoms with Crippen molar-refractivity contribution in [3.05, 3.63) is 64.7 Å². The summed E-state index contributed by atoms with van der Waals surface area (Å²) in [7, 11) is 0. The Hall–Kier alpha value is -2.00. The van der Waals surface area contributed by atoms with Crippen LogP contribution < -0.4 is 10.6 Å². The molecular formula is C16H17ClN2O. The van der Waals surface area contributed by atoms with Crippen LogP contribution in [0.1, 0.15) is 24.1 Å². The van der Waals surface area contributed by atoms with Crippen molar-refractivity contribution in [1.29, 1.82) is 0 Å². The van der Waals surface area contributed by atoms with Crippen molar-refractivity contribution in [2.45, 2.75) is 19.9 Å². The fourth-order valence-electron chi connectivity index (χ4n) is 1.90. The molecule has 0 heterocycles. The van der Waals surface area contributed by atoms with Crippen LogP contribution in [0.25, 0.3) is 0 Å². The van der Waals surface area contributed by atoms with Crippen molar-refractivity contribution in [2.75, 3.05) is 5.32 Å². The van der Waals surface area contributed by atoms with Gasteiger partial charge in [-0.25, -0.2) is 4.79 Å². The Kier molecular flexibility index (Phi) is 4.64. The molecule has 104 valence electrons. The summed E-state index contributed by atoms with van der Waals surface area (Å²) >= 11 is 6.08. The van der Waals surface area contributed by atoms with Crippen LogP contribution in [-0.2, 0) is 0 Å². The van der Waals surface area contributed by atoms with E-state index < -0.39 is 0 Å². The summed E-state index contributed by atoms with van der Waals surface area (Å²) in [6.45, 7) is 3.89. The lowest BCUT2D eigenvalue weighted by Gasteiger charge is -2.15. The summed E-state index contributed by atoms with van der Waals surface area (Å²) in [6.07, 6.45) is 0. The Bertz CT molecular complexity index is 599. The van der Waals surface area contributed by atoms with Gasteiger partial charge in [0.05, 0.1) is 16.8 Å². The van der Waals surface area contributed by atoms with Crippen molar-refractivity contribution < 1.29 is 4.79 Å². The monoisotopic (exact) mass is 288 g/mol. The fourth-order valence-corrected chi connectivity index (χ4v) is 2.18. The first kappa shape index (κ1) is 14.4. The second-order valence-electron chi connectivity index (χ2n) is 4.71. The Morgan fingerprint density at radius 1 is 1.15 bits per heavy atom. The van der Waals surface area contributed by atoms with Gasteiger partial charge in [-0.15, -0.1) is 0 Å². The van der Waals surface area contributed by atoms with Gasteiger partial charge in [0, 0.05) is 0 Å². The second kappa shape index (κ2) is 6.44. The molecule has 2 N–H and O–H groups in total. The predicted octanol–water partition coefficient (Wildman–Crippen LogP) is 4.53. The van der Waals surface area contributed by atoms with Gasteiger partial charge in [0.1, 0.15) is 0 Å². The highest BCUT2D eigenvalue weighted by molar-refractivity contribution is 6.33. The van der Waals surface area contributed by atoms with E-state index in [9.17, 15) is 4.79 Å². The Morgan fingerprint density at radius 2 is 1.85 bits per heavy atom. The van der Waals surface area contributed by atoms with Crippen molar-refractivity contribution in [3.8, 4) is 0 Å². The minimum atomic E-state index is -0.271. The molecule has 2 aromatic carbocycles. The van der Waals surface area contributed by atoms with E-state index in [2.05, 4.69) is 10.6 Å². The van der Waals surface area contributed by atoms with Crippen LogP contribution in [0.3, 0.4) is 0 Å². The maximum atomic E-state index is 12.0. The van der Waals surface area contributed by atoms with Crippen molar-refractivity contribution in [1.82, 2.24) is 5.32 Å². The summed E-state index contributed by atoms with van der Waals surface area (Å²) in [5.74, 6) is 0. The number of carbonyl (C=O) groups is 1. The molecule has 0 saturated carbocycles. The maximum Gasteiger partial charge on any atom is 0.319 e. The summed E-state index contributed by atoms with van der Waals surface area (Å²) < 4.78 is 0. The van der Waals surface area contributed by atoms with E-state index in [0.29, 0.717) is 10.7 Å². The van der Waals surface area contributed by atoms with E-state index in [4.69, 9.17) is 11.6 Å². The number of benzene rings is 2. The van der Waals surface area contributed by atoms with E-state index >= 15 is 0 Å². The Balaban J connectivity index is 1.99. The zero-order chi connectivity index (χ0) is 14.5. The SMILES string of the molecule is Cc1ccc(NC(=O)N[C@H](C)c2ccccc2)c(Cl)c1. The van der Waals surface area contributed by atoms with Crippen molar-refractivity contribution >= 4 is 23.3 Å². The zero-order valence-electron chi connectivity index (χ0n) is 11.5. The molecule has 0 spiro atoms. The molecule has 0 aliphatic heterocycles. The number of hydrogen-bond donors (Lipinski definition) is 2. The molecule has 1 atom stereocenters. The topological polar surface area (TPSA) is 41.1 Å². The standard InChI is InChI=1S/C16H17ClN2O/c1-11-8-9-15(14(17)10-11)19-16(20)18-12(2)13-6-4-3-5-7-13/h3-10,12H,1-2H3,(H2,18,19,20)/t12-/m1/s1. The summed E-state index contributed by atoms with van der Waals surface area (Å²) in [4.78, 5) is 12.0. The molecule has 2 amide bonds. The minimum Gasteiger partial charge on any atom is -0.331 e. The molecule has 0 radical (unpaired) electrons. The summed E-state index contributed by atoms with van der Waals surface area (Å²) in [5, 5.41) is 6.17. The van der Waals surface area contributed by atoms with Crippen LogP contribution in [0.5, 0.6) is 0 Å². The Labute approximate surface area is 124 Å². The number of anilines is 1. The van der Waals surface area contributed by atoms with Gasteiger partial charge in [0.15, 0.2) is 0 Å². The summed E-state index contributed by atoms with van der Waals surface area (Å²) in [6, 6.07) is 15.0. The number of aryl methyl sites for hydroxylation is 1. The van der Waals surface area contributed by atoms with E-state index in [-0.39, 0.29) is 12.1 Å². The highest BCUT2D eigenvalue weighted by atomic mass is 35.5. The maximum absolute atomic E-state index is 12.0. The number of hydrogen-bond acceptors (Lipinski definition) is 1. The quantitative estimate of drug-likeness (QED) is 0.856. The Morgan fingerprint density at radius 3 is 2.50 bits per heavy atom. The first-order valence-electron chi connectivity index (χ1n) is 6.45. The molecule has 0 bridgehead atoms. The molecule has 0 aliphatic rings. The van der Waals surface area contributed by atoms with Crippen LogP contribution in [0.2, 0.25) is 5.02 Å². The second-order valence-corrected chi connectivity index (χ2v) is 5.12. The third-order valence-electron chi connectivity index (χ3n) is 3.02. The molecule has 2 rings (SSSR count). The third-order valence-corrected chi connectivity index (χ3v) is 3.33. The van der Waals surface area contributed by atoms with E-state index in [0.717, 1.165) is 11.1 Å². The van der Waals surface area contributed by atoms with Gasteiger partial charge in [-0.3, -0.25) is 0 Å². The van der Waals surface area contributed by atoms with Gasteiger partial charge >= 0.3 is 6.03 Å². The lowest BCUT2D eigenvalue weighted by Crippen LogP contribution is -2.31. The third kappa shape index (κ3) is 3.75. The molecule has 4 heteroatoms. The minimum absolute atomic E-state index is 0.0691. The predicted molar refractivity (Wildman–Crippen MR) is 83.2 cm³/mol. The smallest absolute Gasteiger partial charge is 0.319 e. The van der Waals surface area contributed by atoms with Gasteiger partial charge in [0.25, 0.3) is 0 Å². The highest BCUT2D eigenvalue weighted by Crippen LogP contribution is 2.22. The van der Waals surface area contributed by atoms with Gasteiger partial charge in [-0.1, -0.05) is 48.0 Å². The van der Waals surface area contributed by atoms with E-state index in [1.807, 2.05) is 56.3 Å². The number of nitrogens with one attached hydrogen (secondary N) is 2. The van der Waals surface area contributed by atoms with Crippen LogP contribution in [0, 0.1) is 6.92 Å². The lowest BCUT2D eigenvalue weighted by molar-refractivity contribution is 0.249. The molecule has 0 unspecified atom stereocenters. The number of amides is 2. The average Bonchev–Trinajstić information content (AvgIpc) is 2.43. The number of rotatable bonds is 3. The van der Waals surface area contributed by atoms with Crippen LogP contribution >= 0.6 is 11.6 Å². The number of urea groups is 1. The van der Waals surface area contributed by atoms with E-state index in [1.54, 1.807) is 6.07 Å². The molecule has 0 aromatic heterocycles.